The molecule has 0 aromatic heterocycles. The summed E-state index contributed by atoms with van der Waals surface area (Å²) in [5, 5.41) is 0. The van der Waals surface area contributed by atoms with E-state index in [1.54, 1.807) is 4.90 Å². The summed E-state index contributed by atoms with van der Waals surface area (Å²) < 4.78 is 4.91. The van der Waals surface area contributed by atoms with Crippen molar-refractivity contribution in [3.8, 4) is 0 Å². The number of ether oxygens (including phenoxy) is 1. The second-order valence-electron chi connectivity index (χ2n) is 4.47. The number of benzene rings is 1. The monoisotopic (exact) mass is 233 g/mol. The predicted octanol–water partition coefficient (Wildman–Crippen LogP) is 3.59. The number of hydrogen-bond donors (Lipinski definition) is 0. The van der Waals surface area contributed by atoms with Crippen molar-refractivity contribution in [1.29, 1.82) is 0 Å². The highest BCUT2D eigenvalue weighted by Crippen LogP contribution is 2.27. The predicted molar refractivity (Wildman–Crippen MR) is 68.2 cm³/mol. The largest absolute Gasteiger partial charge is 0.452 e. The number of nitrogens with zero attached hydrogens (tertiary/aromatic N) is 1. The molecule has 1 amide bonds. The zero-order valence-corrected chi connectivity index (χ0v) is 10.3. The van der Waals surface area contributed by atoms with Crippen LogP contribution in [-0.4, -0.2) is 19.2 Å². The number of carbonyl (C=O) groups excluding carboxylic acids is 1. The average molecular weight is 233 g/mol. The fourth-order valence-electron chi connectivity index (χ4n) is 2.49. The molecule has 3 nitrogen and oxygen atoms in total. The molecule has 0 saturated heterocycles. The van der Waals surface area contributed by atoms with Crippen molar-refractivity contribution in [1.82, 2.24) is 0 Å². The Bertz CT molecular complexity index is 358. The van der Waals surface area contributed by atoms with Crippen molar-refractivity contribution in [2.45, 2.75) is 38.1 Å². The Kier molecular flexibility index (Phi) is 4.02. The number of carbonyl (C=O) groups is 1. The molecule has 1 saturated carbocycles. The van der Waals surface area contributed by atoms with Gasteiger partial charge in [0.1, 0.15) is 0 Å². The number of amides is 1. The van der Waals surface area contributed by atoms with Crippen LogP contribution in [0.4, 0.5) is 10.5 Å². The molecule has 0 heterocycles. The summed E-state index contributed by atoms with van der Waals surface area (Å²) >= 11 is 0. The van der Waals surface area contributed by atoms with Gasteiger partial charge in [-0.2, -0.15) is 0 Å². The summed E-state index contributed by atoms with van der Waals surface area (Å²) in [6.45, 7) is 0. The van der Waals surface area contributed by atoms with Crippen LogP contribution in [0.1, 0.15) is 32.1 Å². The van der Waals surface area contributed by atoms with Crippen LogP contribution in [0.15, 0.2) is 30.3 Å². The van der Waals surface area contributed by atoms with Gasteiger partial charge in [0.15, 0.2) is 0 Å². The molecule has 0 aliphatic heterocycles. The topological polar surface area (TPSA) is 29.5 Å². The third-order valence-corrected chi connectivity index (χ3v) is 3.35. The Balaban J connectivity index is 2.21. The van der Waals surface area contributed by atoms with E-state index in [1.165, 1.54) is 26.4 Å². The van der Waals surface area contributed by atoms with E-state index >= 15 is 0 Å². The first kappa shape index (κ1) is 12.0. The first-order valence-electron chi connectivity index (χ1n) is 6.25. The van der Waals surface area contributed by atoms with E-state index in [0.717, 1.165) is 18.5 Å². The lowest BCUT2D eigenvalue weighted by Crippen LogP contribution is -2.41. The molecule has 0 atom stereocenters. The number of rotatable bonds is 2. The molecule has 1 aliphatic rings. The van der Waals surface area contributed by atoms with Gasteiger partial charge >= 0.3 is 6.09 Å². The van der Waals surface area contributed by atoms with E-state index < -0.39 is 0 Å². The zero-order chi connectivity index (χ0) is 12.1. The van der Waals surface area contributed by atoms with Crippen LogP contribution in [0.25, 0.3) is 0 Å². The first-order chi connectivity index (χ1) is 8.33. The molecule has 0 spiro atoms. The quantitative estimate of drug-likeness (QED) is 0.781. The van der Waals surface area contributed by atoms with Crippen LogP contribution < -0.4 is 4.90 Å². The SMILES string of the molecule is COC(=O)N(c1ccccc1)C1CCCCC1. The summed E-state index contributed by atoms with van der Waals surface area (Å²) in [5.74, 6) is 0. The molecular weight excluding hydrogens is 214 g/mol. The first-order valence-corrected chi connectivity index (χ1v) is 6.25. The fourth-order valence-corrected chi connectivity index (χ4v) is 2.49. The minimum atomic E-state index is -0.247. The van der Waals surface area contributed by atoms with Crippen LogP contribution in [0, 0.1) is 0 Å². The second kappa shape index (κ2) is 5.71. The van der Waals surface area contributed by atoms with Crippen molar-refractivity contribution >= 4 is 11.8 Å². The van der Waals surface area contributed by atoms with Gasteiger partial charge < -0.3 is 4.74 Å². The number of methoxy groups -OCH3 is 1. The molecule has 92 valence electrons. The van der Waals surface area contributed by atoms with E-state index in [4.69, 9.17) is 4.74 Å². The highest BCUT2D eigenvalue weighted by Gasteiger charge is 2.27. The number of para-hydroxylation sites is 1. The van der Waals surface area contributed by atoms with E-state index in [0.29, 0.717) is 6.04 Å². The molecule has 1 fully saturated rings. The van der Waals surface area contributed by atoms with Gasteiger partial charge in [0.25, 0.3) is 0 Å². The van der Waals surface area contributed by atoms with E-state index in [9.17, 15) is 4.79 Å². The lowest BCUT2D eigenvalue weighted by molar-refractivity contribution is 0.173. The number of anilines is 1. The molecule has 2 rings (SSSR count). The summed E-state index contributed by atoms with van der Waals surface area (Å²) in [7, 11) is 1.45. The molecule has 17 heavy (non-hydrogen) atoms. The minimum Gasteiger partial charge on any atom is -0.452 e. The summed E-state index contributed by atoms with van der Waals surface area (Å²) in [6.07, 6.45) is 5.58. The van der Waals surface area contributed by atoms with Gasteiger partial charge in [0.05, 0.1) is 7.11 Å². The summed E-state index contributed by atoms with van der Waals surface area (Å²) in [4.78, 5) is 13.7. The van der Waals surface area contributed by atoms with Crippen molar-refractivity contribution in [3.05, 3.63) is 30.3 Å². The molecular formula is C14H19NO2. The average Bonchev–Trinajstić information content (AvgIpc) is 2.41. The van der Waals surface area contributed by atoms with Gasteiger partial charge in [-0.1, -0.05) is 37.5 Å². The summed E-state index contributed by atoms with van der Waals surface area (Å²) in [5.41, 5.74) is 0.936. The third-order valence-electron chi connectivity index (χ3n) is 3.35. The minimum absolute atomic E-state index is 0.247. The lowest BCUT2D eigenvalue weighted by atomic mass is 9.94. The van der Waals surface area contributed by atoms with E-state index in [2.05, 4.69) is 0 Å². The van der Waals surface area contributed by atoms with Gasteiger partial charge in [0.2, 0.25) is 0 Å². The van der Waals surface area contributed by atoms with Crippen molar-refractivity contribution in [3.63, 3.8) is 0 Å². The molecule has 1 aromatic rings. The highest BCUT2D eigenvalue weighted by molar-refractivity contribution is 5.88. The lowest BCUT2D eigenvalue weighted by Gasteiger charge is -2.33. The standard InChI is InChI=1S/C14H19NO2/c1-17-14(16)15(12-8-4-2-5-9-12)13-10-6-3-7-11-13/h2,4-5,8-9,13H,3,6-7,10-11H2,1H3. The molecule has 1 aliphatic carbocycles. The van der Waals surface area contributed by atoms with Crippen molar-refractivity contribution in [2.24, 2.45) is 0 Å². The van der Waals surface area contributed by atoms with Crippen LogP contribution in [0.2, 0.25) is 0 Å². The molecule has 1 aromatic carbocycles. The van der Waals surface area contributed by atoms with Gasteiger partial charge in [-0.05, 0) is 25.0 Å². The Morgan fingerprint density at radius 2 is 1.82 bits per heavy atom. The van der Waals surface area contributed by atoms with Crippen LogP contribution >= 0.6 is 0 Å². The van der Waals surface area contributed by atoms with Gasteiger partial charge in [-0.3, -0.25) is 4.90 Å². The Morgan fingerprint density at radius 3 is 2.41 bits per heavy atom. The molecule has 3 heteroatoms. The Labute approximate surface area is 102 Å². The molecule has 0 bridgehead atoms. The van der Waals surface area contributed by atoms with Crippen molar-refractivity contribution in [2.75, 3.05) is 12.0 Å². The van der Waals surface area contributed by atoms with Crippen LogP contribution in [0.5, 0.6) is 0 Å². The van der Waals surface area contributed by atoms with E-state index in [-0.39, 0.29) is 6.09 Å². The van der Waals surface area contributed by atoms with Crippen molar-refractivity contribution < 1.29 is 9.53 Å². The molecule has 0 N–H and O–H groups in total. The third kappa shape index (κ3) is 2.78. The van der Waals surface area contributed by atoms with Gasteiger partial charge in [-0.15, -0.1) is 0 Å². The fraction of sp³-hybridized carbons (Fsp3) is 0.500. The smallest absolute Gasteiger partial charge is 0.414 e. The maximum absolute atomic E-state index is 11.9. The normalized spacial score (nSPS) is 16.5. The highest BCUT2D eigenvalue weighted by atomic mass is 16.5. The molecule has 0 unspecified atom stereocenters. The van der Waals surface area contributed by atoms with Gasteiger partial charge in [0, 0.05) is 11.7 Å². The molecule has 0 radical (unpaired) electrons. The maximum Gasteiger partial charge on any atom is 0.414 e. The van der Waals surface area contributed by atoms with Crippen LogP contribution in [-0.2, 0) is 4.74 Å². The van der Waals surface area contributed by atoms with Gasteiger partial charge in [-0.25, -0.2) is 4.79 Å². The van der Waals surface area contributed by atoms with Crippen LogP contribution in [0.3, 0.4) is 0 Å². The Morgan fingerprint density at radius 1 is 1.18 bits per heavy atom. The number of hydrogen-bond acceptors (Lipinski definition) is 2. The second-order valence-corrected chi connectivity index (χ2v) is 4.47. The Hall–Kier alpha value is -1.51. The zero-order valence-electron chi connectivity index (χ0n) is 10.3. The van der Waals surface area contributed by atoms with E-state index in [1.807, 2.05) is 30.3 Å². The maximum atomic E-state index is 11.9. The summed E-state index contributed by atoms with van der Waals surface area (Å²) in [6, 6.07) is 10.1.